The molecule has 0 aromatic rings. The van der Waals surface area contributed by atoms with E-state index in [0.717, 1.165) is 38.3 Å². The molecule has 2 atom stereocenters. The summed E-state index contributed by atoms with van der Waals surface area (Å²) in [5, 5.41) is 3.58. The van der Waals surface area contributed by atoms with Gasteiger partial charge >= 0.3 is 0 Å². The van der Waals surface area contributed by atoms with Gasteiger partial charge in [0.2, 0.25) is 0 Å². The second-order valence-corrected chi connectivity index (χ2v) is 6.36. The lowest BCUT2D eigenvalue weighted by atomic mass is 10.2. The quantitative estimate of drug-likeness (QED) is 0.685. The summed E-state index contributed by atoms with van der Waals surface area (Å²) in [6, 6.07) is 1.61. The average Bonchev–Trinajstić information content (AvgIpc) is 3.32. The predicted octanol–water partition coefficient (Wildman–Crippen LogP) is 1.40. The lowest BCUT2D eigenvalue weighted by Gasteiger charge is -2.25. The van der Waals surface area contributed by atoms with Crippen LogP contribution in [0.2, 0.25) is 0 Å². The standard InChI is InChI=1S/C15H28N2O2/c1-18-9-8-17(13-4-5-13)11-15-7-6-14(19-15)10-16-12-2-3-12/h12-16H,2-11H2,1H3. The molecular weight excluding hydrogens is 240 g/mol. The third-order valence-electron chi connectivity index (χ3n) is 4.49. The Labute approximate surface area is 116 Å². The van der Waals surface area contributed by atoms with Gasteiger partial charge in [-0.2, -0.15) is 0 Å². The molecule has 4 nitrogen and oxygen atoms in total. The lowest BCUT2D eigenvalue weighted by molar-refractivity contribution is 0.0167. The zero-order valence-corrected chi connectivity index (χ0v) is 12.1. The molecule has 3 rings (SSSR count). The van der Waals surface area contributed by atoms with E-state index < -0.39 is 0 Å². The molecule has 19 heavy (non-hydrogen) atoms. The first-order valence-electron chi connectivity index (χ1n) is 7.97. The second kappa shape index (κ2) is 6.53. The number of rotatable bonds is 9. The van der Waals surface area contributed by atoms with Crippen molar-refractivity contribution in [3.8, 4) is 0 Å². The number of hydrogen-bond donors (Lipinski definition) is 1. The van der Waals surface area contributed by atoms with Gasteiger partial charge < -0.3 is 14.8 Å². The number of ether oxygens (including phenoxy) is 2. The topological polar surface area (TPSA) is 33.7 Å². The Morgan fingerprint density at radius 1 is 1.11 bits per heavy atom. The summed E-state index contributed by atoms with van der Waals surface area (Å²) in [7, 11) is 1.79. The first-order valence-corrected chi connectivity index (χ1v) is 7.97. The van der Waals surface area contributed by atoms with E-state index in [1.165, 1.54) is 38.5 Å². The number of hydrogen-bond acceptors (Lipinski definition) is 4. The van der Waals surface area contributed by atoms with Gasteiger partial charge in [-0.1, -0.05) is 0 Å². The van der Waals surface area contributed by atoms with Crippen LogP contribution in [0.3, 0.4) is 0 Å². The summed E-state index contributed by atoms with van der Waals surface area (Å²) >= 11 is 0. The van der Waals surface area contributed by atoms with Gasteiger partial charge in [-0.15, -0.1) is 0 Å². The van der Waals surface area contributed by atoms with Crippen LogP contribution in [-0.2, 0) is 9.47 Å². The highest BCUT2D eigenvalue weighted by Crippen LogP contribution is 2.29. The van der Waals surface area contributed by atoms with Crippen molar-refractivity contribution in [3.63, 3.8) is 0 Å². The Kier molecular flexibility index (Phi) is 4.74. The van der Waals surface area contributed by atoms with Gasteiger partial charge in [0.15, 0.2) is 0 Å². The second-order valence-electron chi connectivity index (χ2n) is 6.36. The van der Waals surface area contributed by atoms with E-state index in [9.17, 15) is 0 Å². The van der Waals surface area contributed by atoms with Crippen LogP contribution in [0, 0.1) is 0 Å². The Morgan fingerprint density at radius 2 is 1.89 bits per heavy atom. The molecule has 0 aromatic heterocycles. The Hall–Kier alpha value is -0.160. The smallest absolute Gasteiger partial charge is 0.0707 e. The average molecular weight is 268 g/mol. The Bertz CT molecular complexity index is 279. The molecule has 3 aliphatic rings. The van der Waals surface area contributed by atoms with E-state index in [0.29, 0.717) is 12.2 Å². The zero-order chi connectivity index (χ0) is 13.1. The molecule has 2 aliphatic carbocycles. The third kappa shape index (κ3) is 4.42. The molecule has 1 heterocycles. The Balaban J connectivity index is 1.36. The highest BCUT2D eigenvalue weighted by atomic mass is 16.5. The molecule has 0 radical (unpaired) electrons. The van der Waals surface area contributed by atoms with Gasteiger partial charge in [0, 0.05) is 38.8 Å². The molecule has 2 saturated carbocycles. The molecule has 0 spiro atoms. The molecule has 0 bridgehead atoms. The summed E-state index contributed by atoms with van der Waals surface area (Å²) < 4.78 is 11.4. The summed E-state index contributed by atoms with van der Waals surface area (Å²) in [6.07, 6.45) is 8.82. The third-order valence-corrected chi connectivity index (χ3v) is 4.49. The molecule has 3 fully saturated rings. The molecule has 1 saturated heterocycles. The maximum absolute atomic E-state index is 6.18. The van der Waals surface area contributed by atoms with Gasteiger partial charge in [-0.05, 0) is 38.5 Å². The van der Waals surface area contributed by atoms with Crippen molar-refractivity contribution in [2.45, 2.75) is 62.8 Å². The van der Waals surface area contributed by atoms with Crippen molar-refractivity contribution in [2.24, 2.45) is 0 Å². The van der Waals surface area contributed by atoms with Crippen molar-refractivity contribution in [2.75, 3.05) is 33.4 Å². The molecular formula is C15H28N2O2. The minimum absolute atomic E-state index is 0.448. The first-order chi connectivity index (χ1) is 9.35. The van der Waals surface area contributed by atoms with E-state index in [4.69, 9.17) is 9.47 Å². The van der Waals surface area contributed by atoms with Crippen LogP contribution >= 0.6 is 0 Å². The maximum atomic E-state index is 6.18. The van der Waals surface area contributed by atoms with Gasteiger partial charge in [-0.25, -0.2) is 0 Å². The summed E-state index contributed by atoms with van der Waals surface area (Å²) in [5.74, 6) is 0. The van der Waals surface area contributed by atoms with Crippen LogP contribution in [0.4, 0.5) is 0 Å². The SMILES string of the molecule is COCCN(CC1CCC(CNC2CC2)O1)C1CC1. The molecule has 1 aliphatic heterocycles. The van der Waals surface area contributed by atoms with Crippen LogP contribution in [0.25, 0.3) is 0 Å². The Morgan fingerprint density at radius 3 is 2.58 bits per heavy atom. The summed E-state index contributed by atoms with van der Waals surface area (Å²) in [6.45, 7) is 4.07. The largest absolute Gasteiger partial charge is 0.383 e. The normalized spacial score (nSPS) is 31.3. The molecule has 0 aromatic carbocycles. The van der Waals surface area contributed by atoms with Gasteiger partial charge in [0.1, 0.15) is 0 Å². The fourth-order valence-electron chi connectivity index (χ4n) is 2.98. The minimum Gasteiger partial charge on any atom is -0.383 e. The molecule has 1 N–H and O–H groups in total. The van der Waals surface area contributed by atoms with Crippen LogP contribution < -0.4 is 5.32 Å². The van der Waals surface area contributed by atoms with Crippen molar-refractivity contribution < 1.29 is 9.47 Å². The lowest BCUT2D eigenvalue weighted by Crippen LogP contribution is -2.37. The fourth-order valence-corrected chi connectivity index (χ4v) is 2.98. The predicted molar refractivity (Wildman–Crippen MR) is 75.4 cm³/mol. The van der Waals surface area contributed by atoms with Crippen molar-refractivity contribution in [1.82, 2.24) is 10.2 Å². The fraction of sp³-hybridized carbons (Fsp3) is 1.00. The van der Waals surface area contributed by atoms with E-state index in [-0.39, 0.29) is 0 Å². The van der Waals surface area contributed by atoms with Crippen molar-refractivity contribution in [1.29, 1.82) is 0 Å². The van der Waals surface area contributed by atoms with E-state index in [1.807, 2.05) is 0 Å². The zero-order valence-electron chi connectivity index (χ0n) is 12.1. The highest BCUT2D eigenvalue weighted by molar-refractivity contribution is 4.88. The summed E-state index contributed by atoms with van der Waals surface area (Å²) in [4.78, 5) is 2.57. The molecule has 0 amide bonds. The van der Waals surface area contributed by atoms with Gasteiger partial charge in [-0.3, -0.25) is 4.90 Å². The summed E-state index contributed by atoms with van der Waals surface area (Å²) in [5.41, 5.74) is 0. The van der Waals surface area contributed by atoms with Gasteiger partial charge in [0.25, 0.3) is 0 Å². The number of nitrogens with one attached hydrogen (secondary N) is 1. The van der Waals surface area contributed by atoms with Crippen LogP contribution in [0.1, 0.15) is 38.5 Å². The molecule has 4 heteroatoms. The van der Waals surface area contributed by atoms with Crippen LogP contribution in [0.15, 0.2) is 0 Å². The minimum atomic E-state index is 0.448. The van der Waals surface area contributed by atoms with E-state index >= 15 is 0 Å². The maximum Gasteiger partial charge on any atom is 0.0707 e. The van der Waals surface area contributed by atoms with Crippen molar-refractivity contribution in [3.05, 3.63) is 0 Å². The van der Waals surface area contributed by atoms with Crippen LogP contribution in [-0.4, -0.2) is 62.5 Å². The van der Waals surface area contributed by atoms with E-state index in [1.54, 1.807) is 7.11 Å². The number of methoxy groups -OCH3 is 1. The van der Waals surface area contributed by atoms with Crippen molar-refractivity contribution >= 4 is 0 Å². The van der Waals surface area contributed by atoms with Crippen LogP contribution in [0.5, 0.6) is 0 Å². The van der Waals surface area contributed by atoms with E-state index in [2.05, 4.69) is 10.2 Å². The monoisotopic (exact) mass is 268 g/mol. The molecule has 110 valence electrons. The molecule has 2 unspecified atom stereocenters. The number of nitrogens with zero attached hydrogens (tertiary/aromatic N) is 1. The van der Waals surface area contributed by atoms with Gasteiger partial charge in [0.05, 0.1) is 18.8 Å². The first kappa shape index (κ1) is 13.8. The highest BCUT2D eigenvalue weighted by Gasteiger charge is 2.33.